The number of halogens is 2. The average molecular weight is 583 g/mol. The molecular weight excluding hydrogens is 562 g/mol. The van der Waals surface area contributed by atoms with Gasteiger partial charge in [-0.3, -0.25) is 14.5 Å². The first-order valence-corrected chi connectivity index (χ1v) is 12.1. The van der Waals surface area contributed by atoms with Gasteiger partial charge in [0.15, 0.2) is 11.6 Å². The molecule has 7 heteroatoms. The van der Waals surface area contributed by atoms with Crippen molar-refractivity contribution in [3.63, 3.8) is 0 Å². The molecule has 1 heterocycles. The minimum atomic E-state index is -0.100. The molecule has 1 aliphatic heterocycles. The summed E-state index contributed by atoms with van der Waals surface area (Å²) < 4.78 is 1.07. The maximum Gasteiger partial charge on any atom is 0.187 e. The second-order valence-corrected chi connectivity index (χ2v) is 9.73. The van der Waals surface area contributed by atoms with Gasteiger partial charge in [-0.25, -0.2) is 0 Å². The summed E-state index contributed by atoms with van der Waals surface area (Å²) in [6, 6.07) is 19.2. The Kier molecular flexibility index (Phi) is 7.46. The summed E-state index contributed by atoms with van der Waals surface area (Å²) in [4.78, 5) is 28.2. The molecule has 1 aliphatic rings. The van der Waals surface area contributed by atoms with Gasteiger partial charge in [-0.2, -0.15) is 0 Å². The smallest absolute Gasteiger partial charge is 0.187 e. The standard InChI is InChI=1S/C27H21Br2NO4/c28-22-12-17(6-8-24(22)31)10-20-14-30(16-26(33)19-4-2-1-3-5-19)15-21(27(20)34)11-18-7-9-25(32)23(29)13-18/h1-13,31-32H,14-16H2/b20-10+,21-11+. The van der Waals surface area contributed by atoms with Gasteiger partial charge in [0.25, 0.3) is 0 Å². The van der Waals surface area contributed by atoms with Gasteiger partial charge in [0, 0.05) is 29.8 Å². The first-order chi connectivity index (χ1) is 16.3. The van der Waals surface area contributed by atoms with E-state index in [0.717, 1.165) is 11.1 Å². The third kappa shape index (κ3) is 5.73. The third-order valence-electron chi connectivity index (χ3n) is 5.46. The molecule has 0 spiro atoms. The number of nitrogens with zero attached hydrogens (tertiary/aromatic N) is 1. The van der Waals surface area contributed by atoms with Gasteiger partial charge in [0.1, 0.15) is 11.5 Å². The largest absolute Gasteiger partial charge is 0.507 e. The number of phenols is 2. The summed E-state index contributed by atoms with van der Waals surface area (Å²) in [6.07, 6.45) is 3.57. The van der Waals surface area contributed by atoms with E-state index in [1.165, 1.54) is 0 Å². The highest BCUT2D eigenvalue weighted by molar-refractivity contribution is 9.10. The van der Waals surface area contributed by atoms with Crippen molar-refractivity contribution in [1.29, 1.82) is 0 Å². The van der Waals surface area contributed by atoms with E-state index in [1.54, 1.807) is 60.7 Å². The molecule has 34 heavy (non-hydrogen) atoms. The van der Waals surface area contributed by atoms with Gasteiger partial charge < -0.3 is 10.2 Å². The van der Waals surface area contributed by atoms with E-state index in [-0.39, 0.29) is 29.6 Å². The lowest BCUT2D eigenvalue weighted by Gasteiger charge is -2.29. The number of Topliss-reactive ketones (excluding diaryl/α,β-unsaturated/α-hetero) is 2. The highest BCUT2D eigenvalue weighted by Crippen LogP contribution is 2.29. The lowest BCUT2D eigenvalue weighted by atomic mass is 9.93. The molecule has 3 aromatic rings. The number of carbonyl (C=O) groups excluding carboxylic acids is 2. The lowest BCUT2D eigenvalue weighted by molar-refractivity contribution is -0.113. The van der Waals surface area contributed by atoms with Crippen molar-refractivity contribution in [3.05, 3.63) is 104 Å². The van der Waals surface area contributed by atoms with E-state index in [1.807, 2.05) is 23.1 Å². The van der Waals surface area contributed by atoms with Gasteiger partial charge in [-0.1, -0.05) is 42.5 Å². The Balaban J connectivity index is 1.68. The Hall–Kier alpha value is -3.00. The van der Waals surface area contributed by atoms with Gasteiger partial charge in [0.05, 0.1) is 15.5 Å². The van der Waals surface area contributed by atoms with Crippen LogP contribution in [0, 0.1) is 0 Å². The molecule has 2 N–H and O–H groups in total. The molecule has 4 rings (SSSR count). The Morgan fingerprint density at radius 2 is 1.32 bits per heavy atom. The molecule has 172 valence electrons. The first-order valence-electron chi connectivity index (χ1n) is 10.5. The molecule has 0 aliphatic carbocycles. The Morgan fingerprint density at radius 1 is 0.824 bits per heavy atom. The van der Waals surface area contributed by atoms with Crippen LogP contribution in [0.15, 0.2) is 86.8 Å². The van der Waals surface area contributed by atoms with Crippen LogP contribution in [0.25, 0.3) is 12.2 Å². The van der Waals surface area contributed by atoms with Crippen LogP contribution in [0.1, 0.15) is 21.5 Å². The van der Waals surface area contributed by atoms with E-state index in [0.29, 0.717) is 38.7 Å². The SMILES string of the molecule is O=C1/C(=C/c2ccc(O)c(Br)c2)CN(CC(=O)c2ccccc2)C/C1=C\c1ccc(O)c(Br)c1. The number of piperidine rings is 1. The molecule has 0 saturated carbocycles. The predicted molar refractivity (Wildman–Crippen MR) is 140 cm³/mol. The molecule has 0 unspecified atom stereocenters. The molecule has 3 aromatic carbocycles. The third-order valence-corrected chi connectivity index (χ3v) is 6.73. The second-order valence-electron chi connectivity index (χ2n) is 8.02. The highest BCUT2D eigenvalue weighted by Gasteiger charge is 2.27. The first kappa shape index (κ1) is 24.1. The van der Waals surface area contributed by atoms with Crippen LogP contribution in [0.4, 0.5) is 0 Å². The number of phenolic OH excluding ortho intramolecular Hbond substituents is 2. The average Bonchev–Trinajstić information content (AvgIpc) is 2.82. The van der Waals surface area contributed by atoms with Crippen LogP contribution < -0.4 is 0 Å². The van der Waals surface area contributed by atoms with Gasteiger partial charge in [-0.05, 0) is 79.4 Å². The van der Waals surface area contributed by atoms with E-state index >= 15 is 0 Å². The van der Waals surface area contributed by atoms with E-state index in [4.69, 9.17) is 0 Å². The Morgan fingerprint density at radius 3 is 1.79 bits per heavy atom. The van der Waals surface area contributed by atoms with Crippen LogP contribution in [0.5, 0.6) is 11.5 Å². The second kappa shape index (κ2) is 10.5. The molecule has 5 nitrogen and oxygen atoms in total. The fourth-order valence-corrected chi connectivity index (χ4v) is 4.56. The number of hydrogen-bond donors (Lipinski definition) is 2. The number of ketones is 2. The van der Waals surface area contributed by atoms with E-state index < -0.39 is 0 Å². The maximum atomic E-state index is 13.4. The lowest BCUT2D eigenvalue weighted by Crippen LogP contribution is -2.40. The van der Waals surface area contributed by atoms with Crippen LogP contribution in [0.2, 0.25) is 0 Å². The van der Waals surface area contributed by atoms with Crippen LogP contribution in [0.3, 0.4) is 0 Å². The molecule has 1 saturated heterocycles. The summed E-state index contributed by atoms with van der Waals surface area (Å²) in [5.41, 5.74) is 3.25. The van der Waals surface area contributed by atoms with Crippen molar-refractivity contribution in [2.75, 3.05) is 19.6 Å². The molecule has 0 aromatic heterocycles. The summed E-state index contributed by atoms with van der Waals surface area (Å²) in [6.45, 7) is 0.823. The number of rotatable bonds is 5. The molecule has 1 fully saturated rings. The number of benzene rings is 3. The monoisotopic (exact) mass is 581 g/mol. The quantitative estimate of drug-likeness (QED) is 0.291. The van der Waals surface area contributed by atoms with Gasteiger partial charge in [0.2, 0.25) is 0 Å². The van der Waals surface area contributed by atoms with Crippen molar-refractivity contribution in [1.82, 2.24) is 4.90 Å². The van der Waals surface area contributed by atoms with Crippen LogP contribution in [-0.2, 0) is 4.79 Å². The Labute approximate surface area is 214 Å². The zero-order valence-corrected chi connectivity index (χ0v) is 21.2. The summed E-state index contributed by atoms with van der Waals surface area (Å²) in [7, 11) is 0. The van der Waals surface area contributed by atoms with Crippen molar-refractivity contribution >= 4 is 55.6 Å². The number of carbonyl (C=O) groups is 2. The van der Waals surface area contributed by atoms with Crippen molar-refractivity contribution in [2.45, 2.75) is 0 Å². The normalized spacial score (nSPS) is 16.8. The maximum absolute atomic E-state index is 13.4. The number of aromatic hydroxyl groups is 2. The molecule has 0 radical (unpaired) electrons. The predicted octanol–water partition coefficient (Wildman–Crippen LogP) is 5.86. The van der Waals surface area contributed by atoms with Crippen LogP contribution in [-0.4, -0.2) is 46.3 Å². The highest BCUT2D eigenvalue weighted by atomic mass is 79.9. The van der Waals surface area contributed by atoms with Crippen molar-refractivity contribution in [2.24, 2.45) is 0 Å². The molecule has 0 bridgehead atoms. The van der Waals surface area contributed by atoms with E-state index in [2.05, 4.69) is 31.9 Å². The van der Waals surface area contributed by atoms with Crippen LogP contribution >= 0.6 is 31.9 Å². The van der Waals surface area contributed by atoms with Gasteiger partial charge in [-0.15, -0.1) is 0 Å². The number of likely N-dealkylation sites (tertiary alicyclic amines) is 1. The van der Waals surface area contributed by atoms with E-state index in [9.17, 15) is 19.8 Å². The zero-order valence-electron chi connectivity index (χ0n) is 18.0. The minimum Gasteiger partial charge on any atom is -0.507 e. The number of hydrogen-bond acceptors (Lipinski definition) is 5. The van der Waals surface area contributed by atoms with Crippen molar-refractivity contribution in [3.8, 4) is 11.5 Å². The molecular formula is C27H21Br2NO4. The molecule has 0 atom stereocenters. The minimum absolute atomic E-state index is 0.0200. The fraction of sp³-hybridized carbons (Fsp3) is 0.111. The van der Waals surface area contributed by atoms with Crippen molar-refractivity contribution < 1.29 is 19.8 Å². The summed E-state index contributed by atoms with van der Waals surface area (Å²) in [5.74, 6) is 0.113. The molecule has 0 amide bonds. The zero-order chi connectivity index (χ0) is 24.2. The Bertz CT molecular complexity index is 1240. The summed E-state index contributed by atoms with van der Waals surface area (Å²) in [5, 5.41) is 19.6. The fourth-order valence-electron chi connectivity index (χ4n) is 3.77. The summed E-state index contributed by atoms with van der Waals surface area (Å²) >= 11 is 6.62. The topological polar surface area (TPSA) is 77.8 Å². The van der Waals surface area contributed by atoms with Gasteiger partial charge >= 0.3 is 0 Å².